The summed E-state index contributed by atoms with van der Waals surface area (Å²) >= 11 is 0. The summed E-state index contributed by atoms with van der Waals surface area (Å²) in [5.41, 5.74) is 0. The maximum atomic E-state index is 5.36. The second-order valence-electron chi connectivity index (χ2n) is 5.70. The molecule has 23 heavy (non-hydrogen) atoms. The minimum atomic E-state index is 0.472. The van der Waals surface area contributed by atoms with Crippen molar-refractivity contribution in [3.8, 4) is 0 Å². The summed E-state index contributed by atoms with van der Waals surface area (Å²) in [4.78, 5) is 11.4. The van der Waals surface area contributed by atoms with Crippen molar-refractivity contribution >= 4 is 5.96 Å². The molecule has 0 atom stereocenters. The van der Waals surface area contributed by atoms with Gasteiger partial charge < -0.3 is 14.6 Å². The molecule has 1 fully saturated rings. The molecular weight excluding hydrogens is 292 g/mol. The van der Waals surface area contributed by atoms with Crippen LogP contribution in [0.4, 0.5) is 0 Å². The van der Waals surface area contributed by atoms with Gasteiger partial charge in [0.15, 0.2) is 5.96 Å². The number of hydrogen-bond donors (Lipinski definition) is 2. The fourth-order valence-electron chi connectivity index (χ4n) is 2.93. The largest absolute Gasteiger partial charge is 0.469 e. The maximum absolute atomic E-state index is 5.36. The third-order valence-electron chi connectivity index (χ3n) is 4.15. The molecule has 3 heterocycles. The van der Waals surface area contributed by atoms with E-state index < -0.39 is 0 Å². The van der Waals surface area contributed by atoms with E-state index >= 15 is 0 Å². The van der Waals surface area contributed by atoms with Gasteiger partial charge in [-0.3, -0.25) is 10.1 Å². The first-order chi connectivity index (χ1) is 11.4. The molecule has 0 aliphatic carbocycles. The van der Waals surface area contributed by atoms with E-state index in [1.807, 2.05) is 12.1 Å². The maximum Gasteiger partial charge on any atom is 0.193 e. The van der Waals surface area contributed by atoms with Crippen molar-refractivity contribution in [2.24, 2.45) is 4.99 Å². The van der Waals surface area contributed by atoms with Crippen molar-refractivity contribution in [1.82, 2.24) is 25.4 Å². The molecular formula is C16H24N6O. The molecule has 7 heteroatoms. The van der Waals surface area contributed by atoms with Crippen LogP contribution in [0.15, 0.2) is 34.1 Å². The zero-order valence-corrected chi connectivity index (χ0v) is 13.5. The van der Waals surface area contributed by atoms with Gasteiger partial charge in [0, 0.05) is 38.5 Å². The average Bonchev–Trinajstić information content (AvgIpc) is 3.28. The molecule has 7 nitrogen and oxygen atoms in total. The lowest BCUT2D eigenvalue weighted by atomic mass is 9.96. The molecule has 0 saturated carbocycles. The molecule has 2 aromatic heterocycles. The van der Waals surface area contributed by atoms with Crippen LogP contribution in [0.25, 0.3) is 0 Å². The van der Waals surface area contributed by atoms with Gasteiger partial charge in [-0.25, -0.2) is 4.98 Å². The Labute approximate surface area is 136 Å². The predicted molar refractivity (Wildman–Crippen MR) is 88.3 cm³/mol. The Morgan fingerprint density at radius 1 is 1.48 bits per heavy atom. The number of piperidine rings is 1. The van der Waals surface area contributed by atoms with E-state index in [9.17, 15) is 0 Å². The van der Waals surface area contributed by atoms with Crippen LogP contribution in [0, 0.1) is 0 Å². The zero-order chi connectivity index (χ0) is 15.9. The fraction of sp³-hybridized carbons (Fsp3) is 0.562. The third-order valence-corrected chi connectivity index (χ3v) is 4.15. The molecule has 2 aromatic rings. The second kappa shape index (κ2) is 7.80. The highest BCUT2D eigenvalue weighted by atomic mass is 16.3. The molecule has 1 aliphatic rings. The Hall–Kier alpha value is -2.31. The van der Waals surface area contributed by atoms with Crippen LogP contribution in [-0.4, -0.2) is 52.2 Å². The van der Waals surface area contributed by atoms with Gasteiger partial charge in [0.2, 0.25) is 0 Å². The van der Waals surface area contributed by atoms with Gasteiger partial charge >= 0.3 is 0 Å². The first kappa shape index (κ1) is 15.6. The second-order valence-corrected chi connectivity index (χ2v) is 5.70. The van der Waals surface area contributed by atoms with Crippen molar-refractivity contribution in [3.63, 3.8) is 0 Å². The Kier molecular flexibility index (Phi) is 5.29. The standard InChI is InChI=1S/C16H24N6O/c1-2-17-16(18-8-5-14-4-3-11-23-14)22-9-6-13(7-10-22)15-19-12-20-21-15/h3-4,11-13H,2,5-10H2,1H3,(H,17,18)(H,19,20,21). The van der Waals surface area contributed by atoms with E-state index in [4.69, 9.17) is 9.41 Å². The van der Waals surface area contributed by atoms with Gasteiger partial charge in [-0.2, -0.15) is 5.10 Å². The third kappa shape index (κ3) is 4.12. The predicted octanol–water partition coefficient (Wildman–Crippen LogP) is 1.79. The van der Waals surface area contributed by atoms with E-state index in [1.54, 1.807) is 12.6 Å². The lowest BCUT2D eigenvalue weighted by Crippen LogP contribution is -2.45. The summed E-state index contributed by atoms with van der Waals surface area (Å²) < 4.78 is 5.36. The van der Waals surface area contributed by atoms with Gasteiger partial charge in [-0.1, -0.05) is 0 Å². The number of furan rings is 1. The number of rotatable bonds is 5. The van der Waals surface area contributed by atoms with Crippen LogP contribution in [0.2, 0.25) is 0 Å². The Balaban J connectivity index is 1.54. The van der Waals surface area contributed by atoms with Crippen LogP contribution >= 0.6 is 0 Å². The van der Waals surface area contributed by atoms with Gasteiger partial charge in [0.1, 0.15) is 17.9 Å². The highest BCUT2D eigenvalue weighted by Gasteiger charge is 2.24. The first-order valence-electron chi connectivity index (χ1n) is 8.27. The Bertz CT molecular complexity index is 584. The van der Waals surface area contributed by atoms with Gasteiger partial charge in [-0.05, 0) is 31.9 Å². The number of H-pyrrole nitrogens is 1. The highest BCUT2D eigenvalue weighted by Crippen LogP contribution is 2.24. The summed E-state index contributed by atoms with van der Waals surface area (Å²) in [5, 5.41) is 10.3. The quantitative estimate of drug-likeness (QED) is 0.649. The van der Waals surface area contributed by atoms with Crippen LogP contribution in [0.5, 0.6) is 0 Å². The molecule has 1 saturated heterocycles. The van der Waals surface area contributed by atoms with Gasteiger partial charge in [0.05, 0.1) is 6.26 Å². The van der Waals surface area contributed by atoms with Crippen molar-refractivity contribution in [3.05, 3.63) is 36.3 Å². The van der Waals surface area contributed by atoms with E-state index in [-0.39, 0.29) is 0 Å². The van der Waals surface area contributed by atoms with E-state index in [0.29, 0.717) is 5.92 Å². The SMILES string of the molecule is CCNC(=NCCc1ccco1)N1CCC(c2ncn[nH]2)CC1. The average molecular weight is 316 g/mol. The summed E-state index contributed by atoms with van der Waals surface area (Å²) in [6.45, 7) is 5.68. The molecule has 0 unspecified atom stereocenters. The zero-order valence-electron chi connectivity index (χ0n) is 13.5. The van der Waals surface area contributed by atoms with Gasteiger partial charge in [-0.15, -0.1) is 0 Å². The van der Waals surface area contributed by atoms with Crippen molar-refractivity contribution in [1.29, 1.82) is 0 Å². The van der Waals surface area contributed by atoms with Crippen LogP contribution in [0.1, 0.15) is 37.3 Å². The smallest absolute Gasteiger partial charge is 0.193 e. The lowest BCUT2D eigenvalue weighted by molar-refractivity contribution is 0.299. The molecule has 1 aliphatic heterocycles. The number of hydrogen-bond acceptors (Lipinski definition) is 4. The first-order valence-corrected chi connectivity index (χ1v) is 8.27. The van der Waals surface area contributed by atoms with Crippen molar-refractivity contribution < 1.29 is 4.42 Å². The highest BCUT2D eigenvalue weighted by molar-refractivity contribution is 5.80. The fourth-order valence-corrected chi connectivity index (χ4v) is 2.93. The normalized spacial score (nSPS) is 16.7. The number of nitrogens with zero attached hydrogens (tertiary/aromatic N) is 4. The summed E-state index contributed by atoms with van der Waals surface area (Å²) in [6, 6.07) is 3.91. The Morgan fingerprint density at radius 3 is 3.00 bits per heavy atom. The number of aliphatic imine (C=N–C) groups is 1. The summed E-state index contributed by atoms with van der Waals surface area (Å²) in [5.74, 6) is 3.45. The molecule has 0 spiro atoms. The molecule has 0 radical (unpaired) electrons. The van der Waals surface area contributed by atoms with E-state index in [2.05, 4.69) is 32.3 Å². The molecule has 2 N–H and O–H groups in total. The number of aromatic nitrogens is 3. The number of aromatic amines is 1. The van der Waals surface area contributed by atoms with Crippen LogP contribution < -0.4 is 5.32 Å². The summed E-state index contributed by atoms with van der Waals surface area (Å²) in [6.07, 6.45) is 6.26. The molecule has 3 rings (SSSR count). The topological polar surface area (TPSA) is 82.3 Å². The van der Waals surface area contributed by atoms with Crippen molar-refractivity contribution in [2.45, 2.75) is 32.1 Å². The Morgan fingerprint density at radius 2 is 2.35 bits per heavy atom. The number of guanidine groups is 1. The number of likely N-dealkylation sites (tertiary alicyclic amines) is 1. The van der Waals surface area contributed by atoms with Crippen LogP contribution in [-0.2, 0) is 6.42 Å². The van der Waals surface area contributed by atoms with Crippen molar-refractivity contribution in [2.75, 3.05) is 26.2 Å². The summed E-state index contributed by atoms with van der Waals surface area (Å²) in [7, 11) is 0. The lowest BCUT2D eigenvalue weighted by Gasteiger charge is -2.33. The number of nitrogens with one attached hydrogen (secondary N) is 2. The van der Waals surface area contributed by atoms with E-state index in [0.717, 1.165) is 63.0 Å². The van der Waals surface area contributed by atoms with E-state index in [1.165, 1.54) is 0 Å². The van der Waals surface area contributed by atoms with Gasteiger partial charge in [0.25, 0.3) is 0 Å². The minimum Gasteiger partial charge on any atom is -0.469 e. The molecule has 0 bridgehead atoms. The molecule has 0 amide bonds. The molecule has 0 aromatic carbocycles. The molecule has 124 valence electrons. The monoisotopic (exact) mass is 316 g/mol. The van der Waals surface area contributed by atoms with Crippen LogP contribution in [0.3, 0.4) is 0 Å². The minimum absolute atomic E-state index is 0.472.